The second-order valence-corrected chi connectivity index (χ2v) is 10.1. The van der Waals surface area contributed by atoms with Crippen molar-refractivity contribution in [3.63, 3.8) is 0 Å². The number of piperidine rings is 1. The van der Waals surface area contributed by atoms with Crippen LogP contribution < -0.4 is 10.2 Å². The molecule has 29 heavy (non-hydrogen) atoms. The van der Waals surface area contributed by atoms with E-state index in [1.807, 2.05) is 0 Å². The third kappa shape index (κ3) is 4.79. The van der Waals surface area contributed by atoms with Gasteiger partial charge in [0.1, 0.15) is 0 Å². The summed E-state index contributed by atoms with van der Waals surface area (Å²) in [6, 6.07) is 4.88. The van der Waals surface area contributed by atoms with Gasteiger partial charge in [-0.05, 0) is 37.0 Å². The van der Waals surface area contributed by atoms with Gasteiger partial charge >= 0.3 is 0 Å². The van der Waals surface area contributed by atoms with E-state index in [2.05, 4.69) is 22.1 Å². The zero-order chi connectivity index (χ0) is 21.0. The van der Waals surface area contributed by atoms with Crippen LogP contribution in [-0.4, -0.2) is 49.8 Å². The maximum absolute atomic E-state index is 13.0. The Bertz CT molecular complexity index is 933. The van der Waals surface area contributed by atoms with Crippen LogP contribution in [0.15, 0.2) is 34.7 Å². The van der Waals surface area contributed by atoms with Crippen LogP contribution in [0.3, 0.4) is 0 Å². The van der Waals surface area contributed by atoms with Crippen LogP contribution in [0.25, 0.3) is 0 Å². The van der Waals surface area contributed by atoms with Crippen LogP contribution in [0, 0.1) is 5.92 Å². The van der Waals surface area contributed by atoms with E-state index < -0.39 is 10.0 Å². The predicted octanol–water partition coefficient (Wildman–Crippen LogP) is 3.66. The number of rotatable bonds is 7. The van der Waals surface area contributed by atoms with Crippen molar-refractivity contribution in [3.8, 4) is 0 Å². The highest BCUT2D eigenvalue weighted by Crippen LogP contribution is 2.30. The lowest BCUT2D eigenvalue weighted by molar-refractivity contribution is 0.102. The average Bonchev–Trinajstić information content (AvgIpc) is 3.22. The molecule has 2 aromatic rings. The molecule has 7 nitrogen and oxygen atoms in total. The van der Waals surface area contributed by atoms with Gasteiger partial charge in [-0.15, -0.1) is 11.3 Å². The van der Waals surface area contributed by atoms with Gasteiger partial charge in [-0.3, -0.25) is 10.1 Å². The Morgan fingerprint density at radius 2 is 1.97 bits per heavy atom. The molecule has 1 aliphatic rings. The third-order valence-corrected chi connectivity index (χ3v) is 8.07. The summed E-state index contributed by atoms with van der Waals surface area (Å²) in [7, 11) is -3.65. The minimum absolute atomic E-state index is 0.139. The molecule has 0 unspecified atom stereocenters. The lowest BCUT2D eigenvalue weighted by atomic mass is 9.98. The lowest BCUT2D eigenvalue weighted by Crippen LogP contribution is -2.35. The van der Waals surface area contributed by atoms with Crippen molar-refractivity contribution in [3.05, 3.63) is 35.3 Å². The van der Waals surface area contributed by atoms with Crippen molar-refractivity contribution in [1.82, 2.24) is 9.29 Å². The Labute approximate surface area is 176 Å². The third-order valence-electron chi connectivity index (χ3n) is 5.33. The van der Waals surface area contributed by atoms with Gasteiger partial charge in [0.2, 0.25) is 10.0 Å². The number of thiazole rings is 1. The molecule has 3 rings (SSSR count). The topological polar surface area (TPSA) is 82.6 Å². The molecular weight excluding hydrogens is 408 g/mol. The number of hydrogen-bond acceptors (Lipinski definition) is 6. The summed E-state index contributed by atoms with van der Waals surface area (Å²) in [4.78, 5) is 19.5. The number of carbonyl (C=O) groups excluding carboxylic acids is 1. The fraction of sp³-hybridized carbons (Fsp3) is 0.500. The first kappa shape index (κ1) is 21.7. The van der Waals surface area contributed by atoms with Crippen LogP contribution in [0.5, 0.6) is 0 Å². The van der Waals surface area contributed by atoms with E-state index in [1.165, 1.54) is 21.7 Å². The minimum Gasteiger partial charge on any atom is -0.371 e. The van der Waals surface area contributed by atoms with Crippen molar-refractivity contribution in [2.24, 2.45) is 5.92 Å². The van der Waals surface area contributed by atoms with Gasteiger partial charge in [0.05, 0.1) is 10.5 Å². The van der Waals surface area contributed by atoms with Crippen molar-refractivity contribution in [2.45, 2.75) is 38.5 Å². The lowest BCUT2D eigenvalue weighted by Gasteiger charge is -2.33. The van der Waals surface area contributed by atoms with Crippen LogP contribution in [0.1, 0.15) is 44.0 Å². The zero-order valence-electron chi connectivity index (χ0n) is 17.1. The number of nitrogens with one attached hydrogen (secondary N) is 1. The van der Waals surface area contributed by atoms with Crippen molar-refractivity contribution in [2.75, 3.05) is 36.4 Å². The van der Waals surface area contributed by atoms with E-state index in [4.69, 9.17) is 0 Å². The van der Waals surface area contributed by atoms with Crippen molar-refractivity contribution >= 4 is 38.1 Å². The normalized spacial score (nSPS) is 15.7. The molecule has 0 spiro atoms. The maximum atomic E-state index is 13.0. The van der Waals surface area contributed by atoms with Crippen LogP contribution in [-0.2, 0) is 10.0 Å². The first-order valence-electron chi connectivity index (χ1n) is 9.96. The molecule has 1 aromatic heterocycles. The molecule has 1 aliphatic heterocycles. The monoisotopic (exact) mass is 436 g/mol. The Balaban J connectivity index is 2.01. The standard InChI is InChI=1S/C20H28N4O3S2/c1-4-24(5-2)29(26,27)16-6-7-18(23-11-8-15(3)9-12-23)17(14-16)19(25)22-20-21-10-13-28-20/h6-7,10,13-15H,4-5,8-9,11-12H2,1-3H3,(H,21,22,25). The van der Waals surface area contributed by atoms with E-state index in [-0.39, 0.29) is 10.8 Å². The van der Waals surface area contributed by atoms with E-state index in [0.717, 1.165) is 31.6 Å². The number of hydrogen-bond donors (Lipinski definition) is 1. The Hall–Kier alpha value is -1.97. The average molecular weight is 437 g/mol. The van der Waals surface area contributed by atoms with Crippen molar-refractivity contribution < 1.29 is 13.2 Å². The van der Waals surface area contributed by atoms with E-state index in [1.54, 1.807) is 37.6 Å². The molecule has 158 valence electrons. The smallest absolute Gasteiger partial charge is 0.259 e. The summed E-state index contributed by atoms with van der Waals surface area (Å²) >= 11 is 1.33. The molecule has 0 aliphatic carbocycles. The first-order chi connectivity index (χ1) is 13.9. The SMILES string of the molecule is CCN(CC)S(=O)(=O)c1ccc(N2CCC(C)CC2)c(C(=O)Nc2nccs2)c1. The number of carbonyl (C=O) groups is 1. The number of sulfonamides is 1. The highest BCUT2D eigenvalue weighted by Gasteiger charge is 2.27. The maximum Gasteiger partial charge on any atom is 0.259 e. The highest BCUT2D eigenvalue weighted by molar-refractivity contribution is 7.89. The molecule has 1 saturated heterocycles. The van der Waals surface area contributed by atoms with Gasteiger partial charge in [0.15, 0.2) is 5.13 Å². The molecule has 1 N–H and O–H groups in total. The molecule has 1 amide bonds. The zero-order valence-corrected chi connectivity index (χ0v) is 18.7. The minimum atomic E-state index is -3.65. The van der Waals surface area contributed by atoms with Gasteiger partial charge in [0.25, 0.3) is 5.91 Å². The Morgan fingerprint density at radius 3 is 2.55 bits per heavy atom. The summed E-state index contributed by atoms with van der Waals surface area (Å²) in [5.41, 5.74) is 1.13. The largest absolute Gasteiger partial charge is 0.371 e. The molecule has 0 atom stereocenters. The fourth-order valence-corrected chi connectivity index (χ4v) is 5.55. The molecule has 1 aromatic carbocycles. The Kier molecular flexibility index (Phi) is 6.92. The molecule has 0 saturated carbocycles. The second-order valence-electron chi connectivity index (χ2n) is 7.23. The molecule has 1 fully saturated rings. The Morgan fingerprint density at radius 1 is 1.28 bits per heavy atom. The molecule has 0 bridgehead atoms. The first-order valence-corrected chi connectivity index (χ1v) is 12.3. The predicted molar refractivity (Wildman–Crippen MR) is 117 cm³/mol. The molecule has 0 radical (unpaired) electrons. The number of anilines is 2. The van der Waals surface area contributed by atoms with Gasteiger partial charge in [-0.1, -0.05) is 20.8 Å². The number of benzene rings is 1. The summed E-state index contributed by atoms with van der Waals surface area (Å²) in [5, 5.41) is 5.07. The second kappa shape index (κ2) is 9.23. The van der Waals surface area contributed by atoms with Crippen molar-refractivity contribution in [1.29, 1.82) is 0 Å². The molecular formula is C20H28N4O3S2. The van der Waals surface area contributed by atoms with Crippen LogP contribution in [0.2, 0.25) is 0 Å². The molecule has 2 heterocycles. The summed E-state index contributed by atoms with van der Waals surface area (Å²) < 4.78 is 27.4. The summed E-state index contributed by atoms with van der Waals surface area (Å²) in [6.07, 6.45) is 3.72. The summed E-state index contributed by atoms with van der Waals surface area (Å²) in [6.45, 7) is 8.30. The van der Waals surface area contributed by atoms with Gasteiger partial charge in [0, 0.05) is 43.4 Å². The van der Waals surface area contributed by atoms with Gasteiger partial charge < -0.3 is 4.90 Å². The number of aromatic nitrogens is 1. The van der Waals surface area contributed by atoms with E-state index in [9.17, 15) is 13.2 Å². The summed E-state index contributed by atoms with van der Waals surface area (Å²) in [5.74, 6) is 0.311. The van der Waals surface area contributed by atoms with Gasteiger partial charge in [-0.2, -0.15) is 4.31 Å². The number of nitrogens with zero attached hydrogens (tertiary/aromatic N) is 3. The van der Waals surface area contributed by atoms with Crippen LogP contribution >= 0.6 is 11.3 Å². The van der Waals surface area contributed by atoms with E-state index >= 15 is 0 Å². The highest BCUT2D eigenvalue weighted by atomic mass is 32.2. The van der Waals surface area contributed by atoms with Crippen LogP contribution in [0.4, 0.5) is 10.8 Å². The fourth-order valence-electron chi connectivity index (χ4n) is 3.54. The van der Waals surface area contributed by atoms with Gasteiger partial charge in [-0.25, -0.2) is 13.4 Å². The molecule has 9 heteroatoms. The van der Waals surface area contributed by atoms with E-state index in [0.29, 0.717) is 29.7 Å². The number of amides is 1. The quantitative estimate of drug-likeness (QED) is 0.716.